The van der Waals surface area contributed by atoms with Crippen LogP contribution in [0.5, 0.6) is 11.5 Å². The van der Waals surface area contributed by atoms with Crippen molar-refractivity contribution in [2.75, 3.05) is 20.0 Å². The van der Waals surface area contributed by atoms with Gasteiger partial charge in [-0.2, -0.15) is 0 Å². The summed E-state index contributed by atoms with van der Waals surface area (Å²) < 4.78 is 11.2. The van der Waals surface area contributed by atoms with E-state index < -0.39 is 0 Å². The minimum absolute atomic E-state index is 0.0871. The molecule has 1 atom stereocenters. The van der Waals surface area contributed by atoms with Crippen molar-refractivity contribution >= 4 is 28.5 Å². The second-order valence-electron chi connectivity index (χ2n) is 6.96. The predicted molar refractivity (Wildman–Crippen MR) is 111 cm³/mol. The first-order chi connectivity index (χ1) is 13.7. The molecule has 0 aromatic heterocycles. The van der Waals surface area contributed by atoms with Crippen LogP contribution in [0.3, 0.4) is 0 Å². The number of rotatable bonds is 3. The molecular weight excluding hydrogens is 372 g/mol. The quantitative estimate of drug-likeness (QED) is 0.791. The van der Waals surface area contributed by atoms with Crippen molar-refractivity contribution in [1.82, 2.24) is 4.90 Å². The molecule has 0 saturated carbocycles. The van der Waals surface area contributed by atoms with Gasteiger partial charge in [0.05, 0.1) is 31.7 Å². The van der Waals surface area contributed by atoms with Crippen molar-refractivity contribution in [2.45, 2.75) is 18.9 Å². The fourth-order valence-electron chi connectivity index (χ4n) is 4.35. The minimum Gasteiger partial charge on any atom is -0.493 e. The number of hydrogen-bond donors (Lipinski definition) is 0. The number of ether oxygens (including phenoxy) is 2. The maximum absolute atomic E-state index is 12.8. The molecule has 6 heteroatoms. The zero-order valence-electron chi connectivity index (χ0n) is 15.8. The summed E-state index contributed by atoms with van der Waals surface area (Å²) in [5.41, 5.74) is 5.60. The van der Waals surface area contributed by atoms with Crippen molar-refractivity contribution in [3.8, 4) is 11.5 Å². The number of amides is 1. The number of carbonyl (C=O) groups is 1. The monoisotopic (exact) mass is 392 g/mol. The molecular formula is C22H20N2O3S. The molecule has 0 unspecified atom stereocenters. The number of methoxy groups -OCH3 is 2. The molecule has 5 nitrogen and oxygen atoms in total. The Morgan fingerprint density at radius 2 is 1.93 bits per heavy atom. The Morgan fingerprint density at radius 3 is 2.75 bits per heavy atom. The third-order valence-electron chi connectivity index (χ3n) is 5.56. The van der Waals surface area contributed by atoms with E-state index in [2.05, 4.69) is 24.3 Å². The largest absolute Gasteiger partial charge is 0.493 e. The second-order valence-corrected chi connectivity index (χ2v) is 7.91. The summed E-state index contributed by atoms with van der Waals surface area (Å²) in [7, 11) is 3.28. The topological polar surface area (TPSA) is 51.1 Å². The van der Waals surface area contributed by atoms with Gasteiger partial charge in [0.2, 0.25) is 5.91 Å². The van der Waals surface area contributed by atoms with Crippen LogP contribution in [0.1, 0.15) is 29.2 Å². The van der Waals surface area contributed by atoms with E-state index in [-0.39, 0.29) is 11.9 Å². The minimum atomic E-state index is -0.219. The number of benzene rings is 2. The number of hydrogen-bond acceptors (Lipinski definition) is 5. The predicted octanol–water partition coefficient (Wildman–Crippen LogP) is 4.05. The molecule has 142 valence electrons. The average molecular weight is 392 g/mol. The number of carbonyl (C=O) groups excluding carboxylic acids is 1. The Kier molecular flexibility index (Phi) is 4.16. The van der Waals surface area contributed by atoms with Crippen molar-refractivity contribution in [3.05, 3.63) is 64.7 Å². The molecule has 1 saturated heterocycles. The Balaban J connectivity index is 1.76. The summed E-state index contributed by atoms with van der Waals surface area (Å²) in [6, 6.07) is 14.1. The lowest BCUT2D eigenvalue weighted by atomic mass is 9.82. The molecule has 2 aliphatic heterocycles. The van der Waals surface area contributed by atoms with Crippen LogP contribution in [-0.4, -0.2) is 35.9 Å². The molecule has 0 bridgehead atoms. The van der Waals surface area contributed by atoms with E-state index in [1.54, 1.807) is 14.2 Å². The fourth-order valence-corrected chi connectivity index (χ4v) is 5.24. The lowest BCUT2D eigenvalue weighted by molar-refractivity contribution is -0.125. The Bertz CT molecular complexity index is 1040. The van der Waals surface area contributed by atoms with Crippen LogP contribution in [0.15, 0.2) is 53.0 Å². The zero-order valence-corrected chi connectivity index (χ0v) is 16.6. The van der Waals surface area contributed by atoms with E-state index >= 15 is 0 Å². The molecule has 1 amide bonds. The van der Waals surface area contributed by atoms with Gasteiger partial charge in [-0.25, -0.2) is 4.99 Å². The summed E-state index contributed by atoms with van der Waals surface area (Å²) in [6.07, 6.45) is 1.81. The molecule has 2 aromatic rings. The molecule has 2 aromatic carbocycles. The first kappa shape index (κ1) is 17.4. The van der Waals surface area contributed by atoms with Crippen molar-refractivity contribution in [3.63, 3.8) is 0 Å². The van der Waals surface area contributed by atoms with Crippen LogP contribution in [0.25, 0.3) is 5.70 Å². The van der Waals surface area contributed by atoms with E-state index in [1.165, 1.54) is 28.5 Å². The molecule has 1 fully saturated rings. The highest BCUT2D eigenvalue weighted by Gasteiger charge is 2.43. The van der Waals surface area contributed by atoms with Gasteiger partial charge in [-0.05, 0) is 30.0 Å². The van der Waals surface area contributed by atoms with Gasteiger partial charge in [0.1, 0.15) is 0 Å². The third kappa shape index (κ3) is 2.48. The normalized spacial score (nSPS) is 20.4. The highest BCUT2D eigenvalue weighted by atomic mass is 32.2. The van der Waals surface area contributed by atoms with E-state index in [4.69, 9.17) is 14.5 Å². The van der Waals surface area contributed by atoms with Crippen LogP contribution < -0.4 is 9.47 Å². The maximum Gasteiger partial charge on any atom is 0.239 e. The SMILES string of the molecule is COc1cccc([C@H]2C3=C(N=C4SCC(=O)N42)c2ccccc2CC3)c1OC. The smallest absolute Gasteiger partial charge is 0.239 e. The lowest BCUT2D eigenvalue weighted by Gasteiger charge is -2.37. The number of aryl methyl sites for hydroxylation is 1. The molecule has 2 heterocycles. The Morgan fingerprint density at radius 1 is 1.07 bits per heavy atom. The summed E-state index contributed by atoms with van der Waals surface area (Å²) in [4.78, 5) is 19.6. The van der Waals surface area contributed by atoms with Gasteiger partial charge in [-0.1, -0.05) is 48.2 Å². The highest BCUT2D eigenvalue weighted by molar-refractivity contribution is 8.15. The average Bonchev–Trinajstić information content (AvgIpc) is 3.11. The summed E-state index contributed by atoms with van der Waals surface area (Å²) in [6.45, 7) is 0. The molecule has 28 heavy (non-hydrogen) atoms. The van der Waals surface area contributed by atoms with Crippen LogP contribution in [0.2, 0.25) is 0 Å². The van der Waals surface area contributed by atoms with E-state index in [0.717, 1.165) is 29.3 Å². The van der Waals surface area contributed by atoms with Gasteiger partial charge >= 0.3 is 0 Å². The van der Waals surface area contributed by atoms with Crippen LogP contribution in [0, 0.1) is 0 Å². The van der Waals surface area contributed by atoms with Crippen molar-refractivity contribution < 1.29 is 14.3 Å². The Labute approximate surface area is 168 Å². The lowest BCUT2D eigenvalue weighted by Crippen LogP contribution is -2.38. The van der Waals surface area contributed by atoms with E-state index in [1.807, 2.05) is 23.1 Å². The fraction of sp³-hybridized carbons (Fsp3) is 0.273. The van der Waals surface area contributed by atoms with Gasteiger partial charge in [-0.15, -0.1) is 0 Å². The molecule has 0 N–H and O–H groups in total. The molecule has 5 rings (SSSR count). The number of aliphatic imine (C=N–C) groups is 1. The number of amidine groups is 1. The first-order valence-corrected chi connectivity index (χ1v) is 10.3. The zero-order chi connectivity index (χ0) is 19.3. The summed E-state index contributed by atoms with van der Waals surface area (Å²) in [5.74, 6) is 1.85. The summed E-state index contributed by atoms with van der Waals surface area (Å²) >= 11 is 1.51. The van der Waals surface area contributed by atoms with Gasteiger partial charge in [0.25, 0.3) is 0 Å². The highest BCUT2D eigenvalue weighted by Crippen LogP contribution is 2.50. The van der Waals surface area contributed by atoms with Gasteiger partial charge in [0.15, 0.2) is 16.7 Å². The third-order valence-corrected chi connectivity index (χ3v) is 6.50. The van der Waals surface area contributed by atoms with Gasteiger partial charge in [0, 0.05) is 11.1 Å². The standard InChI is InChI=1S/C22H20N2O3S/c1-26-17-9-5-8-16(21(17)27-2)20-15-11-10-13-6-3-4-7-14(13)19(15)23-22-24(20)18(25)12-28-22/h3-9,20H,10-12H2,1-2H3/t20-/m1/s1. The van der Waals surface area contributed by atoms with E-state index in [0.29, 0.717) is 17.3 Å². The molecule has 1 aliphatic carbocycles. The van der Waals surface area contributed by atoms with Gasteiger partial charge < -0.3 is 9.47 Å². The molecule has 3 aliphatic rings. The van der Waals surface area contributed by atoms with Crippen molar-refractivity contribution in [2.24, 2.45) is 4.99 Å². The maximum atomic E-state index is 12.8. The number of nitrogens with zero attached hydrogens (tertiary/aromatic N) is 2. The Hall–Kier alpha value is -2.73. The molecule has 0 radical (unpaired) electrons. The van der Waals surface area contributed by atoms with Gasteiger partial charge in [-0.3, -0.25) is 9.69 Å². The number of fused-ring (bicyclic) bond motifs is 3. The van der Waals surface area contributed by atoms with E-state index in [9.17, 15) is 4.79 Å². The van der Waals surface area contributed by atoms with Crippen LogP contribution in [-0.2, 0) is 11.2 Å². The van der Waals surface area contributed by atoms with Crippen LogP contribution in [0.4, 0.5) is 0 Å². The number of para-hydroxylation sites is 1. The molecule has 0 spiro atoms. The second kappa shape index (κ2) is 6.71. The first-order valence-electron chi connectivity index (χ1n) is 9.28. The van der Waals surface area contributed by atoms with Crippen LogP contribution >= 0.6 is 11.8 Å². The summed E-state index contributed by atoms with van der Waals surface area (Å²) in [5, 5.41) is 0.773. The van der Waals surface area contributed by atoms with Crippen molar-refractivity contribution in [1.29, 1.82) is 0 Å². The number of thioether (sulfide) groups is 1.